The number of rotatable bonds is 6. The SMILES string of the molecule is CCCn1nnnc1COC(=O)C1CC(=O)N(C(C)C)C1. The molecule has 0 radical (unpaired) electrons. The summed E-state index contributed by atoms with van der Waals surface area (Å²) in [6.45, 7) is 7.04. The van der Waals surface area contributed by atoms with E-state index >= 15 is 0 Å². The molecule has 2 rings (SSSR count). The van der Waals surface area contributed by atoms with Crippen molar-refractivity contribution >= 4 is 11.9 Å². The number of nitrogens with zero attached hydrogens (tertiary/aromatic N) is 5. The van der Waals surface area contributed by atoms with Gasteiger partial charge in [0, 0.05) is 25.6 Å². The van der Waals surface area contributed by atoms with Gasteiger partial charge in [-0.1, -0.05) is 6.92 Å². The van der Waals surface area contributed by atoms with Crippen LogP contribution in [0.3, 0.4) is 0 Å². The van der Waals surface area contributed by atoms with Gasteiger partial charge in [-0.25, -0.2) is 4.68 Å². The zero-order chi connectivity index (χ0) is 15.4. The molecule has 1 aliphatic heterocycles. The molecule has 1 aromatic heterocycles. The van der Waals surface area contributed by atoms with Gasteiger partial charge in [0.2, 0.25) is 5.91 Å². The number of hydrogen-bond acceptors (Lipinski definition) is 6. The maximum absolute atomic E-state index is 12.0. The van der Waals surface area contributed by atoms with E-state index < -0.39 is 5.92 Å². The van der Waals surface area contributed by atoms with Crippen LogP contribution in [0.5, 0.6) is 0 Å². The minimum atomic E-state index is -0.393. The summed E-state index contributed by atoms with van der Waals surface area (Å²) in [6, 6.07) is 0.104. The quantitative estimate of drug-likeness (QED) is 0.705. The molecule has 1 unspecified atom stereocenters. The van der Waals surface area contributed by atoms with Crippen molar-refractivity contribution in [1.82, 2.24) is 25.1 Å². The second kappa shape index (κ2) is 6.64. The molecule has 8 nitrogen and oxygen atoms in total. The lowest BCUT2D eigenvalue weighted by Gasteiger charge is -2.20. The Kier molecular flexibility index (Phi) is 4.87. The lowest BCUT2D eigenvalue weighted by Crippen LogP contribution is -2.33. The molecular formula is C13H21N5O3. The molecule has 0 N–H and O–H groups in total. The van der Waals surface area contributed by atoms with Crippen molar-refractivity contribution in [1.29, 1.82) is 0 Å². The molecular weight excluding hydrogens is 274 g/mol. The first-order valence-corrected chi connectivity index (χ1v) is 7.24. The molecule has 21 heavy (non-hydrogen) atoms. The molecule has 0 spiro atoms. The van der Waals surface area contributed by atoms with E-state index in [1.54, 1.807) is 9.58 Å². The molecule has 1 atom stereocenters. The van der Waals surface area contributed by atoms with Crippen LogP contribution in [0.15, 0.2) is 0 Å². The van der Waals surface area contributed by atoms with Crippen molar-refractivity contribution in [2.75, 3.05) is 6.54 Å². The fourth-order valence-corrected chi connectivity index (χ4v) is 2.35. The van der Waals surface area contributed by atoms with E-state index in [-0.39, 0.29) is 30.9 Å². The Balaban J connectivity index is 1.88. The van der Waals surface area contributed by atoms with Crippen molar-refractivity contribution < 1.29 is 14.3 Å². The van der Waals surface area contributed by atoms with E-state index in [2.05, 4.69) is 15.5 Å². The van der Waals surface area contributed by atoms with E-state index in [0.29, 0.717) is 18.9 Å². The van der Waals surface area contributed by atoms with Gasteiger partial charge in [-0.15, -0.1) is 5.10 Å². The second-order valence-electron chi connectivity index (χ2n) is 5.47. The summed E-state index contributed by atoms with van der Waals surface area (Å²) < 4.78 is 6.87. The van der Waals surface area contributed by atoms with Gasteiger partial charge in [0.05, 0.1) is 5.92 Å². The Morgan fingerprint density at radius 1 is 1.48 bits per heavy atom. The summed E-state index contributed by atoms with van der Waals surface area (Å²) in [4.78, 5) is 25.5. The van der Waals surface area contributed by atoms with Crippen LogP contribution in [0.2, 0.25) is 0 Å². The Labute approximate surface area is 123 Å². The lowest BCUT2D eigenvalue weighted by molar-refractivity contribution is -0.150. The smallest absolute Gasteiger partial charge is 0.311 e. The molecule has 0 aliphatic carbocycles. The predicted octanol–water partition coefficient (Wildman–Crippen LogP) is 0.383. The minimum absolute atomic E-state index is 0.00256. The van der Waals surface area contributed by atoms with Crippen LogP contribution in [0.4, 0.5) is 0 Å². The summed E-state index contributed by atoms with van der Waals surface area (Å²) in [7, 11) is 0. The van der Waals surface area contributed by atoms with Crippen molar-refractivity contribution in [3.8, 4) is 0 Å². The van der Waals surface area contributed by atoms with Crippen molar-refractivity contribution in [3.63, 3.8) is 0 Å². The number of amides is 1. The third-order valence-corrected chi connectivity index (χ3v) is 3.50. The highest BCUT2D eigenvalue weighted by atomic mass is 16.5. The fraction of sp³-hybridized carbons (Fsp3) is 0.769. The summed E-state index contributed by atoms with van der Waals surface area (Å²) in [5.41, 5.74) is 0. The van der Waals surface area contributed by atoms with Gasteiger partial charge in [-0.05, 0) is 30.7 Å². The van der Waals surface area contributed by atoms with Crippen LogP contribution in [-0.4, -0.2) is 49.6 Å². The third-order valence-electron chi connectivity index (χ3n) is 3.50. The van der Waals surface area contributed by atoms with Gasteiger partial charge < -0.3 is 9.64 Å². The third kappa shape index (κ3) is 3.56. The topological polar surface area (TPSA) is 90.2 Å². The summed E-state index contributed by atoms with van der Waals surface area (Å²) >= 11 is 0. The van der Waals surface area contributed by atoms with E-state index in [0.717, 1.165) is 6.42 Å². The van der Waals surface area contributed by atoms with Gasteiger partial charge in [-0.2, -0.15) is 0 Å². The van der Waals surface area contributed by atoms with Crippen molar-refractivity contribution in [2.24, 2.45) is 5.92 Å². The van der Waals surface area contributed by atoms with Gasteiger partial charge in [0.15, 0.2) is 12.4 Å². The molecule has 1 aromatic rings. The highest BCUT2D eigenvalue weighted by Crippen LogP contribution is 2.21. The Hall–Kier alpha value is -1.99. The number of likely N-dealkylation sites (tertiary alicyclic amines) is 1. The number of aromatic nitrogens is 4. The standard InChI is InChI=1S/C13H21N5O3/c1-4-5-18-11(14-15-16-18)8-21-13(20)10-6-12(19)17(7-10)9(2)3/h9-10H,4-8H2,1-3H3. The van der Waals surface area contributed by atoms with E-state index in [1.807, 2.05) is 20.8 Å². The summed E-state index contributed by atoms with van der Waals surface area (Å²) in [6.07, 6.45) is 1.11. The van der Waals surface area contributed by atoms with Gasteiger partial charge in [0.25, 0.3) is 0 Å². The van der Waals surface area contributed by atoms with Crippen LogP contribution < -0.4 is 0 Å². The summed E-state index contributed by atoms with van der Waals surface area (Å²) in [5.74, 6) is -0.231. The number of ether oxygens (including phenoxy) is 1. The largest absolute Gasteiger partial charge is 0.457 e. The van der Waals surface area contributed by atoms with E-state index in [1.165, 1.54) is 0 Å². The van der Waals surface area contributed by atoms with Crippen LogP contribution in [0.25, 0.3) is 0 Å². The Morgan fingerprint density at radius 2 is 2.24 bits per heavy atom. The number of aryl methyl sites for hydroxylation is 1. The van der Waals surface area contributed by atoms with Crippen LogP contribution >= 0.6 is 0 Å². The molecule has 116 valence electrons. The summed E-state index contributed by atoms with van der Waals surface area (Å²) in [5, 5.41) is 11.2. The van der Waals surface area contributed by atoms with E-state index in [9.17, 15) is 9.59 Å². The first kappa shape index (κ1) is 15.4. The molecule has 0 bridgehead atoms. The van der Waals surface area contributed by atoms with Crippen molar-refractivity contribution in [3.05, 3.63) is 5.82 Å². The average Bonchev–Trinajstić information content (AvgIpc) is 3.03. The number of carbonyl (C=O) groups excluding carboxylic acids is 2. The molecule has 1 fully saturated rings. The van der Waals surface area contributed by atoms with E-state index in [4.69, 9.17) is 4.74 Å². The molecule has 1 aliphatic rings. The number of tetrazole rings is 1. The van der Waals surface area contributed by atoms with Crippen LogP contribution in [-0.2, 0) is 27.5 Å². The first-order valence-electron chi connectivity index (χ1n) is 7.24. The van der Waals surface area contributed by atoms with Gasteiger partial charge in [-0.3, -0.25) is 9.59 Å². The van der Waals surface area contributed by atoms with Crippen molar-refractivity contribution in [2.45, 2.75) is 52.8 Å². The maximum atomic E-state index is 12.0. The fourth-order valence-electron chi connectivity index (χ4n) is 2.35. The minimum Gasteiger partial charge on any atom is -0.457 e. The highest BCUT2D eigenvalue weighted by Gasteiger charge is 2.36. The normalized spacial score (nSPS) is 18.6. The van der Waals surface area contributed by atoms with Crippen LogP contribution in [0.1, 0.15) is 39.4 Å². The average molecular weight is 295 g/mol. The number of esters is 1. The lowest BCUT2D eigenvalue weighted by atomic mass is 10.1. The highest BCUT2D eigenvalue weighted by molar-refractivity contribution is 5.86. The molecule has 0 aromatic carbocycles. The number of hydrogen-bond donors (Lipinski definition) is 0. The number of carbonyl (C=O) groups is 2. The monoisotopic (exact) mass is 295 g/mol. The molecule has 2 heterocycles. The molecule has 1 amide bonds. The van der Waals surface area contributed by atoms with Gasteiger partial charge >= 0.3 is 5.97 Å². The molecule has 1 saturated heterocycles. The van der Waals surface area contributed by atoms with Crippen LogP contribution in [0, 0.1) is 5.92 Å². The Morgan fingerprint density at radius 3 is 2.86 bits per heavy atom. The second-order valence-corrected chi connectivity index (χ2v) is 5.47. The predicted molar refractivity (Wildman–Crippen MR) is 72.9 cm³/mol. The molecule has 0 saturated carbocycles. The first-order chi connectivity index (χ1) is 10.0. The zero-order valence-electron chi connectivity index (χ0n) is 12.7. The Bertz CT molecular complexity index is 514. The van der Waals surface area contributed by atoms with Gasteiger partial charge in [0.1, 0.15) is 0 Å². The zero-order valence-corrected chi connectivity index (χ0v) is 12.7. The maximum Gasteiger partial charge on any atom is 0.311 e. The molecule has 8 heteroatoms.